The Bertz CT molecular complexity index is 690. The van der Waals surface area contributed by atoms with E-state index in [1.165, 1.54) is 0 Å². The van der Waals surface area contributed by atoms with E-state index in [0.29, 0.717) is 17.1 Å². The molecule has 3 rings (SSSR count). The van der Waals surface area contributed by atoms with Gasteiger partial charge < -0.3 is 14.8 Å². The molecule has 2 aromatic carbocycles. The van der Waals surface area contributed by atoms with E-state index in [2.05, 4.69) is 5.32 Å². The number of amides is 1. The first kappa shape index (κ1) is 14.2. The van der Waals surface area contributed by atoms with Crippen molar-refractivity contribution in [1.82, 2.24) is 5.01 Å². The largest absolute Gasteiger partial charge is 0.493 e. The van der Waals surface area contributed by atoms with Gasteiger partial charge in [0.2, 0.25) is 0 Å². The SMILES string of the molecule is COc1ccccc1OC[C@H]1Nc2ccccc2C(=O)N1N. The summed E-state index contributed by atoms with van der Waals surface area (Å²) in [6, 6.07) is 14.6. The molecule has 1 amide bonds. The van der Waals surface area contributed by atoms with Crippen molar-refractivity contribution >= 4 is 11.6 Å². The monoisotopic (exact) mass is 299 g/mol. The van der Waals surface area contributed by atoms with Crippen LogP contribution in [-0.4, -0.2) is 30.8 Å². The first-order valence-electron chi connectivity index (χ1n) is 6.90. The van der Waals surface area contributed by atoms with E-state index in [1.807, 2.05) is 30.3 Å². The second-order valence-electron chi connectivity index (χ2n) is 4.88. The zero-order valence-corrected chi connectivity index (χ0v) is 12.2. The first-order valence-corrected chi connectivity index (χ1v) is 6.90. The van der Waals surface area contributed by atoms with Gasteiger partial charge in [0.15, 0.2) is 17.7 Å². The number of nitrogens with one attached hydrogen (secondary N) is 1. The first-order chi connectivity index (χ1) is 10.7. The number of nitrogens with zero attached hydrogens (tertiary/aromatic N) is 1. The Kier molecular flexibility index (Phi) is 3.84. The van der Waals surface area contributed by atoms with Gasteiger partial charge in [-0.25, -0.2) is 5.84 Å². The van der Waals surface area contributed by atoms with Crippen LogP contribution in [0.2, 0.25) is 0 Å². The van der Waals surface area contributed by atoms with E-state index >= 15 is 0 Å². The molecule has 1 atom stereocenters. The van der Waals surface area contributed by atoms with Gasteiger partial charge in [0, 0.05) is 5.69 Å². The molecule has 6 heteroatoms. The summed E-state index contributed by atoms with van der Waals surface area (Å²) in [5.74, 6) is 6.88. The van der Waals surface area contributed by atoms with Crippen molar-refractivity contribution in [3.05, 3.63) is 54.1 Å². The number of carbonyl (C=O) groups excluding carboxylic acids is 1. The molecule has 6 nitrogen and oxygen atoms in total. The number of fused-ring (bicyclic) bond motifs is 1. The number of anilines is 1. The smallest absolute Gasteiger partial charge is 0.271 e. The maximum absolute atomic E-state index is 12.2. The van der Waals surface area contributed by atoms with Crippen LogP contribution in [0.4, 0.5) is 5.69 Å². The van der Waals surface area contributed by atoms with Crippen molar-refractivity contribution in [2.45, 2.75) is 6.17 Å². The van der Waals surface area contributed by atoms with Crippen molar-refractivity contribution in [1.29, 1.82) is 0 Å². The molecule has 0 saturated heterocycles. The summed E-state index contributed by atoms with van der Waals surface area (Å²) >= 11 is 0. The van der Waals surface area contributed by atoms with Gasteiger partial charge in [0.05, 0.1) is 12.7 Å². The highest BCUT2D eigenvalue weighted by Crippen LogP contribution is 2.27. The molecule has 2 aromatic rings. The zero-order valence-electron chi connectivity index (χ0n) is 12.2. The number of hydrogen-bond acceptors (Lipinski definition) is 5. The van der Waals surface area contributed by atoms with Gasteiger partial charge in [0.25, 0.3) is 5.91 Å². The molecule has 114 valence electrons. The van der Waals surface area contributed by atoms with Gasteiger partial charge >= 0.3 is 0 Å². The molecule has 0 unspecified atom stereocenters. The Hall–Kier alpha value is -2.73. The average molecular weight is 299 g/mol. The lowest BCUT2D eigenvalue weighted by Crippen LogP contribution is -2.55. The predicted octanol–water partition coefficient (Wildman–Crippen LogP) is 1.84. The minimum absolute atomic E-state index is 0.205. The van der Waals surface area contributed by atoms with Gasteiger partial charge in [-0.05, 0) is 24.3 Å². The van der Waals surface area contributed by atoms with E-state index in [4.69, 9.17) is 15.3 Å². The molecule has 0 fully saturated rings. The van der Waals surface area contributed by atoms with Crippen LogP contribution in [0.1, 0.15) is 10.4 Å². The Balaban J connectivity index is 1.75. The Morgan fingerprint density at radius 3 is 2.59 bits per heavy atom. The fourth-order valence-corrected chi connectivity index (χ4v) is 2.35. The topological polar surface area (TPSA) is 76.8 Å². The van der Waals surface area contributed by atoms with E-state index in [9.17, 15) is 4.79 Å². The number of rotatable bonds is 4. The summed E-state index contributed by atoms with van der Waals surface area (Å²) in [4.78, 5) is 12.2. The quantitative estimate of drug-likeness (QED) is 0.665. The Morgan fingerprint density at radius 2 is 1.82 bits per heavy atom. The van der Waals surface area contributed by atoms with E-state index in [0.717, 1.165) is 10.7 Å². The molecule has 1 heterocycles. The molecule has 0 bridgehead atoms. The highest BCUT2D eigenvalue weighted by Gasteiger charge is 2.30. The maximum Gasteiger partial charge on any atom is 0.271 e. The van der Waals surface area contributed by atoms with Crippen molar-refractivity contribution in [2.24, 2.45) is 5.84 Å². The van der Waals surface area contributed by atoms with Gasteiger partial charge in [0.1, 0.15) is 6.61 Å². The molecule has 1 aliphatic rings. The number of para-hydroxylation sites is 3. The van der Waals surface area contributed by atoms with Crippen LogP contribution in [0.3, 0.4) is 0 Å². The lowest BCUT2D eigenvalue weighted by atomic mass is 10.1. The lowest BCUT2D eigenvalue weighted by Gasteiger charge is -2.34. The van der Waals surface area contributed by atoms with Gasteiger partial charge in [-0.2, -0.15) is 0 Å². The van der Waals surface area contributed by atoms with E-state index in [1.54, 1.807) is 25.3 Å². The second kappa shape index (κ2) is 5.95. The predicted molar refractivity (Wildman–Crippen MR) is 82.7 cm³/mol. The Morgan fingerprint density at radius 1 is 1.14 bits per heavy atom. The number of benzene rings is 2. The third kappa shape index (κ3) is 2.56. The van der Waals surface area contributed by atoms with E-state index < -0.39 is 6.17 Å². The normalized spacial score (nSPS) is 16.7. The number of methoxy groups -OCH3 is 1. The lowest BCUT2D eigenvalue weighted by molar-refractivity contribution is 0.0626. The summed E-state index contributed by atoms with van der Waals surface area (Å²) in [5.41, 5.74) is 1.31. The van der Waals surface area contributed by atoms with Crippen molar-refractivity contribution in [3.63, 3.8) is 0 Å². The summed E-state index contributed by atoms with van der Waals surface area (Å²) in [6.45, 7) is 0.205. The third-order valence-corrected chi connectivity index (χ3v) is 3.52. The van der Waals surface area contributed by atoms with Gasteiger partial charge in [-0.15, -0.1) is 0 Å². The molecule has 0 saturated carbocycles. The van der Waals surface area contributed by atoms with Crippen LogP contribution in [0.25, 0.3) is 0 Å². The highest BCUT2D eigenvalue weighted by molar-refractivity contribution is 6.01. The summed E-state index contributed by atoms with van der Waals surface area (Å²) in [5, 5.41) is 4.35. The molecule has 0 radical (unpaired) electrons. The molecule has 1 aliphatic heterocycles. The van der Waals surface area contributed by atoms with Crippen LogP contribution < -0.4 is 20.6 Å². The Labute approximate surface area is 128 Å². The van der Waals surface area contributed by atoms with E-state index in [-0.39, 0.29) is 12.5 Å². The fraction of sp³-hybridized carbons (Fsp3) is 0.188. The van der Waals surface area contributed by atoms with Crippen LogP contribution in [0.5, 0.6) is 11.5 Å². The molecular weight excluding hydrogens is 282 g/mol. The van der Waals surface area contributed by atoms with Crippen molar-refractivity contribution in [2.75, 3.05) is 19.0 Å². The summed E-state index contributed by atoms with van der Waals surface area (Å²) < 4.78 is 11.0. The van der Waals surface area contributed by atoms with Crippen LogP contribution in [-0.2, 0) is 0 Å². The summed E-state index contributed by atoms with van der Waals surface area (Å²) in [7, 11) is 1.58. The standard InChI is InChI=1S/C16H17N3O3/c1-21-13-8-4-5-9-14(13)22-10-15-18-12-7-3-2-6-11(12)16(20)19(15)17/h2-9,15,18H,10,17H2,1H3/t15-/m0/s1. The van der Waals surface area contributed by atoms with Crippen LogP contribution in [0, 0.1) is 0 Å². The second-order valence-corrected chi connectivity index (χ2v) is 4.88. The van der Waals surface area contributed by atoms with Gasteiger partial charge in [-0.1, -0.05) is 24.3 Å². The minimum Gasteiger partial charge on any atom is -0.493 e. The van der Waals surface area contributed by atoms with Gasteiger partial charge in [-0.3, -0.25) is 9.80 Å². The maximum atomic E-state index is 12.2. The number of nitrogens with two attached hydrogens (primary N) is 1. The number of hydrogen-bond donors (Lipinski definition) is 2. The minimum atomic E-state index is -0.452. The fourth-order valence-electron chi connectivity index (χ4n) is 2.35. The number of hydrazine groups is 1. The highest BCUT2D eigenvalue weighted by atomic mass is 16.5. The number of ether oxygens (including phenoxy) is 2. The number of carbonyl (C=O) groups is 1. The third-order valence-electron chi connectivity index (χ3n) is 3.52. The molecule has 0 aliphatic carbocycles. The van der Waals surface area contributed by atoms with Crippen molar-refractivity contribution in [3.8, 4) is 11.5 Å². The molecule has 0 aromatic heterocycles. The van der Waals surface area contributed by atoms with Crippen LogP contribution >= 0.6 is 0 Å². The molecule has 0 spiro atoms. The molecular formula is C16H17N3O3. The molecule has 22 heavy (non-hydrogen) atoms. The zero-order chi connectivity index (χ0) is 15.5. The van der Waals surface area contributed by atoms with Crippen molar-refractivity contribution < 1.29 is 14.3 Å². The summed E-state index contributed by atoms with van der Waals surface area (Å²) in [6.07, 6.45) is -0.452. The molecule has 3 N–H and O–H groups in total. The van der Waals surface area contributed by atoms with Crippen LogP contribution in [0.15, 0.2) is 48.5 Å². The average Bonchev–Trinajstić information content (AvgIpc) is 2.57.